The number of likely N-dealkylation sites (N-methyl/N-ethyl adjacent to an activating group) is 1. The molecule has 0 aliphatic carbocycles. The highest BCUT2D eigenvalue weighted by atomic mass is 16.6. The molecule has 0 spiro atoms. The number of hydrogen-bond acceptors (Lipinski definition) is 8. The Kier molecular flexibility index (Phi) is 10.1. The lowest BCUT2D eigenvalue weighted by Crippen LogP contribution is -2.41. The lowest BCUT2D eigenvalue weighted by molar-refractivity contribution is -0.122. The zero-order valence-corrected chi connectivity index (χ0v) is 23.6. The summed E-state index contributed by atoms with van der Waals surface area (Å²) in [5.41, 5.74) is 1.93. The van der Waals surface area contributed by atoms with Crippen LogP contribution in [0.1, 0.15) is 52.5 Å². The number of aryl methyl sites for hydroxylation is 1. The fraction of sp³-hybridized carbons (Fsp3) is 0.464. The summed E-state index contributed by atoms with van der Waals surface area (Å²) in [5.74, 6) is 7.16. The van der Waals surface area contributed by atoms with Crippen LogP contribution in [0.3, 0.4) is 0 Å². The third-order valence-electron chi connectivity index (χ3n) is 5.45. The van der Waals surface area contributed by atoms with E-state index in [1.54, 1.807) is 27.0 Å². The van der Waals surface area contributed by atoms with Gasteiger partial charge in [-0.25, -0.2) is 9.78 Å². The van der Waals surface area contributed by atoms with E-state index >= 15 is 0 Å². The minimum atomic E-state index is -0.608. The zero-order chi connectivity index (χ0) is 28.4. The molecule has 3 rings (SSSR count). The van der Waals surface area contributed by atoms with Crippen LogP contribution in [0.15, 0.2) is 30.6 Å². The Hall–Kier alpha value is -4.33. The van der Waals surface area contributed by atoms with Crippen molar-refractivity contribution in [2.45, 2.75) is 52.6 Å². The van der Waals surface area contributed by atoms with Crippen molar-refractivity contribution in [2.24, 2.45) is 7.05 Å². The van der Waals surface area contributed by atoms with Crippen molar-refractivity contribution < 1.29 is 14.3 Å². The minimum absolute atomic E-state index is 0.0696. The van der Waals surface area contributed by atoms with E-state index in [2.05, 4.69) is 49.8 Å². The van der Waals surface area contributed by atoms with E-state index in [1.807, 2.05) is 36.1 Å². The van der Waals surface area contributed by atoms with Gasteiger partial charge in [0.05, 0.1) is 29.2 Å². The Balaban J connectivity index is 1.54. The van der Waals surface area contributed by atoms with Crippen molar-refractivity contribution in [1.82, 2.24) is 30.0 Å². The Morgan fingerprint density at radius 1 is 1.18 bits per heavy atom. The summed E-state index contributed by atoms with van der Waals surface area (Å²) < 4.78 is 7.07. The average molecular weight is 535 g/mol. The largest absolute Gasteiger partial charge is 0.444 e. The van der Waals surface area contributed by atoms with Crippen LogP contribution in [0.25, 0.3) is 10.9 Å². The van der Waals surface area contributed by atoms with Gasteiger partial charge in [0.2, 0.25) is 11.9 Å². The topological polar surface area (TPSA) is 126 Å². The molecule has 11 heteroatoms. The molecule has 3 N–H and O–H groups in total. The summed E-state index contributed by atoms with van der Waals surface area (Å²) in [7, 11) is 3.43. The van der Waals surface area contributed by atoms with Gasteiger partial charge < -0.3 is 25.6 Å². The molecule has 2 heterocycles. The normalized spacial score (nSPS) is 10.9. The highest BCUT2D eigenvalue weighted by Gasteiger charge is 2.21. The van der Waals surface area contributed by atoms with E-state index in [4.69, 9.17) is 4.74 Å². The van der Waals surface area contributed by atoms with E-state index in [1.165, 1.54) is 11.9 Å². The van der Waals surface area contributed by atoms with Crippen molar-refractivity contribution >= 4 is 40.4 Å². The van der Waals surface area contributed by atoms with Crippen LogP contribution >= 0.6 is 0 Å². The van der Waals surface area contributed by atoms with Crippen LogP contribution < -0.4 is 16.0 Å². The SMILES string of the molecule is CCCNc1nc(Nc2cccc3cnn(C)c23)ncc1C#CCCCNC(=O)CN(C)C(=O)OC(C)(C)C. The predicted molar refractivity (Wildman–Crippen MR) is 153 cm³/mol. The van der Waals surface area contributed by atoms with Crippen LogP contribution in [0, 0.1) is 11.8 Å². The number of unbranched alkanes of at least 4 members (excludes halogenated alkanes) is 1. The molecule has 11 nitrogen and oxygen atoms in total. The lowest BCUT2D eigenvalue weighted by Gasteiger charge is -2.24. The summed E-state index contributed by atoms with van der Waals surface area (Å²) in [5, 5.41) is 14.8. The number of nitrogens with zero attached hydrogens (tertiary/aromatic N) is 5. The molecule has 0 fully saturated rings. The Labute approximate surface area is 229 Å². The number of hydrogen-bond donors (Lipinski definition) is 3. The molecule has 2 aromatic heterocycles. The molecule has 3 aromatic rings. The van der Waals surface area contributed by atoms with E-state index < -0.39 is 11.7 Å². The average Bonchev–Trinajstić information content (AvgIpc) is 3.26. The quantitative estimate of drug-likeness (QED) is 0.263. The van der Waals surface area contributed by atoms with Crippen molar-refractivity contribution in [1.29, 1.82) is 0 Å². The van der Waals surface area contributed by atoms with Gasteiger partial charge in [-0.05, 0) is 39.7 Å². The van der Waals surface area contributed by atoms with E-state index in [-0.39, 0.29) is 12.5 Å². The van der Waals surface area contributed by atoms with Crippen LogP contribution in [-0.4, -0.2) is 68.9 Å². The van der Waals surface area contributed by atoms with Gasteiger partial charge in [0.15, 0.2) is 0 Å². The number of carbonyl (C=O) groups is 2. The highest BCUT2D eigenvalue weighted by Crippen LogP contribution is 2.25. The lowest BCUT2D eigenvalue weighted by atomic mass is 10.2. The summed E-state index contributed by atoms with van der Waals surface area (Å²) in [6.07, 6.45) is 5.19. The number of anilines is 3. The number of rotatable bonds is 10. The summed E-state index contributed by atoms with van der Waals surface area (Å²) in [6.45, 7) is 8.57. The molecular formula is C28H38N8O3. The van der Waals surface area contributed by atoms with Crippen molar-refractivity contribution in [3.05, 3.63) is 36.2 Å². The van der Waals surface area contributed by atoms with Gasteiger partial charge in [-0.3, -0.25) is 9.48 Å². The molecule has 0 unspecified atom stereocenters. The molecule has 0 atom stereocenters. The predicted octanol–water partition coefficient (Wildman–Crippen LogP) is 4.04. The first-order chi connectivity index (χ1) is 18.6. The molecule has 0 saturated carbocycles. The second-order valence-electron chi connectivity index (χ2n) is 10.1. The highest BCUT2D eigenvalue weighted by molar-refractivity contribution is 5.91. The fourth-order valence-corrected chi connectivity index (χ4v) is 3.60. The monoisotopic (exact) mass is 534 g/mol. The molecule has 0 bridgehead atoms. The first kappa shape index (κ1) is 29.2. The van der Waals surface area contributed by atoms with Gasteiger partial charge in [0, 0.05) is 39.0 Å². The van der Waals surface area contributed by atoms with E-state index in [0.717, 1.165) is 29.6 Å². The second kappa shape index (κ2) is 13.5. The molecular weight excluding hydrogens is 496 g/mol. The number of nitrogens with one attached hydrogen (secondary N) is 3. The van der Waals surface area contributed by atoms with Gasteiger partial charge in [-0.1, -0.05) is 30.9 Å². The van der Waals surface area contributed by atoms with Crippen LogP contribution in [0.2, 0.25) is 0 Å². The van der Waals surface area contributed by atoms with Crippen LogP contribution in [-0.2, 0) is 16.6 Å². The summed E-state index contributed by atoms with van der Waals surface area (Å²) in [6, 6.07) is 5.94. The number of benzene rings is 1. The third-order valence-corrected chi connectivity index (χ3v) is 5.45. The van der Waals surface area contributed by atoms with Crippen LogP contribution in [0.4, 0.5) is 22.2 Å². The zero-order valence-electron chi connectivity index (χ0n) is 23.6. The van der Waals surface area contributed by atoms with E-state index in [9.17, 15) is 9.59 Å². The van der Waals surface area contributed by atoms with Gasteiger partial charge >= 0.3 is 6.09 Å². The number of para-hydroxylation sites is 1. The molecule has 208 valence electrons. The second-order valence-corrected chi connectivity index (χ2v) is 10.1. The standard InChI is InChI=1S/C28H38N8O3/c1-7-15-30-25-21(12-9-8-10-16-29-23(37)19-35(5)27(38)39-28(2,3)4)17-31-26(34-25)33-22-14-11-13-20-18-32-36(6)24(20)22/h11,13-14,17-18H,7-8,10,15-16,19H2,1-6H3,(H,29,37)(H2,30,31,33,34). The maximum absolute atomic E-state index is 12.1. The molecule has 2 amide bonds. The van der Waals surface area contributed by atoms with Crippen molar-refractivity contribution in [3.63, 3.8) is 0 Å². The number of fused-ring (bicyclic) bond motifs is 1. The molecule has 0 aliphatic heterocycles. The summed E-state index contributed by atoms with van der Waals surface area (Å²) >= 11 is 0. The van der Waals surface area contributed by atoms with Gasteiger partial charge in [0.25, 0.3) is 0 Å². The maximum Gasteiger partial charge on any atom is 0.410 e. The maximum atomic E-state index is 12.1. The number of carbonyl (C=O) groups excluding carboxylic acids is 2. The van der Waals surface area contributed by atoms with E-state index in [0.29, 0.717) is 36.7 Å². The van der Waals surface area contributed by atoms with Crippen molar-refractivity contribution in [2.75, 3.05) is 37.3 Å². The summed E-state index contributed by atoms with van der Waals surface area (Å²) in [4.78, 5) is 34.5. The molecule has 1 aromatic carbocycles. The molecule has 0 radical (unpaired) electrons. The Morgan fingerprint density at radius 3 is 2.72 bits per heavy atom. The van der Waals surface area contributed by atoms with Crippen LogP contribution in [0.5, 0.6) is 0 Å². The number of amides is 2. The fourth-order valence-electron chi connectivity index (χ4n) is 3.60. The number of aromatic nitrogens is 4. The Bertz CT molecular complexity index is 1350. The molecule has 39 heavy (non-hydrogen) atoms. The van der Waals surface area contributed by atoms with Crippen molar-refractivity contribution in [3.8, 4) is 11.8 Å². The first-order valence-corrected chi connectivity index (χ1v) is 13.1. The van der Waals surface area contributed by atoms with Gasteiger partial charge in [-0.15, -0.1) is 0 Å². The van der Waals surface area contributed by atoms with Gasteiger partial charge in [-0.2, -0.15) is 10.1 Å². The smallest absolute Gasteiger partial charge is 0.410 e. The number of ether oxygens (including phenoxy) is 1. The Morgan fingerprint density at radius 2 is 1.97 bits per heavy atom. The molecule has 0 aliphatic rings. The molecule has 0 saturated heterocycles. The minimum Gasteiger partial charge on any atom is -0.444 e. The first-order valence-electron chi connectivity index (χ1n) is 13.1. The van der Waals surface area contributed by atoms with Gasteiger partial charge in [0.1, 0.15) is 18.0 Å². The third kappa shape index (κ3) is 8.88.